The van der Waals surface area contributed by atoms with Crippen LogP contribution in [-0.2, 0) is 9.59 Å². The maximum atomic E-state index is 12.7. The Morgan fingerprint density at radius 3 is 2.47 bits per heavy atom. The second-order valence-corrected chi connectivity index (χ2v) is 7.26. The minimum Gasteiger partial charge on any atom is -0.326 e. The lowest BCUT2D eigenvalue weighted by Crippen LogP contribution is -2.33. The molecule has 0 saturated heterocycles. The van der Waals surface area contributed by atoms with E-state index in [2.05, 4.69) is 15.7 Å². The Hall–Kier alpha value is -3.45. The van der Waals surface area contributed by atoms with Gasteiger partial charge in [-0.3, -0.25) is 14.4 Å². The molecule has 3 rings (SSSR count). The number of nitrogens with one attached hydrogen (secondary N) is 2. The normalized spacial score (nSPS) is 11.6. The van der Waals surface area contributed by atoms with E-state index in [1.54, 1.807) is 43.3 Å². The van der Waals surface area contributed by atoms with E-state index in [-0.39, 0.29) is 5.91 Å². The third-order valence-corrected chi connectivity index (χ3v) is 4.88. The van der Waals surface area contributed by atoms with Crippen LogP contribution in [0.2, 0.25) is 5.02 Å². The number of aryl methyl sites for hydroxylation is 1. The number of carbonyl (C=O) groups excluding carboxylic acids is 2. The fourth-order valence-electron chi connectivity index (χ4n) is 2.87. The van der Waals surface area contributed by atoms with Crippen molar-refractivity contribution in [1.82, 2.24) is 9.78 Å². The highest BCUT2D eigenvalue weighted by Crippen LogP contribution is 2.24. The number of hydrogen-bond acceptors (Lipinski definition) is 4. The first kappa shape index (κ1) is 21.3. The monoisotopic (exact) mass is 424 g/mol. The van der Waals surface area contributed by atoms with Crippen molar-refractivity contribution >= 4 is 34.8 Å². The first-order valence-electron chi connectivity index (χ1n) is 9.30. The largest absolute Gasteiger partial charge is 0.326 e. The maximum Gasteiger partial charge on any atom is 0.267 e. The molecule has 0 aliphatic heterocycles. The van der Waals surface area contributed by atoms with Crippen LogP contribution in [0.1, 0.15) is 25.5 Å². The van der Waals surface area contributed by atoms with E-state index >= 15 is 0 Å². The summed E-state index contributed by atoms with van der Waals surface area (Å²) in [6, 6.07) is 14.4. The second-order valence-electron chi connectivity index (χ2n) is 6.86. The van der Waals surface area contributed by atoms with Crippen molar-refractivity contribution in [3.63, 3.8) is 0 Å². The third-order valence-electron chi connectivity index (χ3n) is 4.55. The predicted octanol–water partition coefficient (Wildman–Crippen LogP) is 4.03. The average Bonchev–Trinajstić information content (AvgIpc) is 2.71. The molecule has 1 unspecified atom stereocenters. The highest BCUT2D eigenvalue weighted by atomic mass is 35.5. The molecule has 0 saturated carbocycles. The number of benzene rings is 2. The van der Waals surface area contributed by atoms with Crippen molar-refractivity contribution in [2.75, 3.05) is 10.6 Å². The SMILES string of the molecule is CC(=O)Nc1cc(-c2ccc(=O)n(C(C)C(=O)Nc3ccccc3Cl)n2)ccc1C. The Balaban J connectivity index is 1.92. The zero-order valence-electron chi connectivity index (χ0n) is 16.8. The number of halogens is 1. The fraction of sp³-hybridized carbons (Fsp3) is 0.182. The molecule has 2 amide bonds. The van der Waals surface area contributed by atoms with Gasteiger partial charge in [0, 0.05) is 24.2 Å². The molecule has 1 heterocycles. The summed E-state index contributed by atoms with van der Waals surface area (Å²) in [7, 11) is 0. The number of carbonyl (C=O) groups is 2. The third kappa shape index (κ3) is 4.75. The Bertz CT molecular complexity index is 1170. The summed E-state index contributed by atoms with van der Waals surface area (Å²) in [4.78, 5) is 36.5. The number of aromatic nitrogens is 2. The van der Waals surface area contributed by atoms with Crippen molar-refractivity contribution < 1.29 is 9.59 Å². The van der Waals surface area contributed by atoms with Crippen LogP contribution >= 0.6 is 11.6 Å². The first-order chi connectivity index (χ1) is 14.3. The van der Waals surface area contributed by atoms with Gasteiger partial charge in [0.1, 0.15) is 6.04 Å². The molecular formula is C22H21ClN4O3. The molecule has 0 fully saturated rings. The summed E-state index contributed by atoms with van der Waals surface area (Å²) in [5.41, 5.74) is 2.81. The lowest BCUT2D eigenvalue weighted by molar-refractivity contribution is -0.119. The molecule has 3 aromatic rings. The number of para-hydroxylation sites is 1. The van der Waals surface area contributed by atoms with Gasteiger partial charge in [0.25, 0.3) is 5.56 Å². The van der Waals surface area contributed by atoms with Gasteiger partial charge in [-0.25, -0.2) is 4.68 Å². The highest BCUT2D eigenvalue weighted by molar-refractivity contribution is 6.33. The van der Waals surface area contributed by atoms with Crippen LogP contribution in [-0.4, -0.2) is 21.6 Å². The summed E-state index contributed by atoms with van der Waals surface area (Å²) >= 11 is 6.09. The second kappa shape index (κ2) is 8.92. The van der Waals surface area contributed by atoms with E-state index < -0.39 is 17.5 Å². The predicted molar refractivity (Wildman–Crippen MR) is 118 cm³/mol. The molecule has 0 spiro atoms. The van der Waals surface area contributed by atoms with Gasteiger partial charge in [0.05, 0.1) is 16.4 Å². The summed E-state index contributed by atoms with van der Waals surface area (Å²) in [5, 5.41) is 10.3. The van der Waals surface area contributed by atoms with Gasteiger partial charge in [-0.05, 0) is 43.7 Å². The minimum atomic E-state index is -0.867. The van der Waals surface area contributed by atoms with E-state index in [9.17, 15) is 14.4 Å². The van der Waals surface area contributed by atoms with Crippen molar-refractivity contribution in [2.24, 2.45) is 0 Å². The molecule has 0 aliphatic carbocycles. The van der Waals surface area contributed by atoms with Crippen LogP contribution < -0.4 is 16.2 Å². The molecule has 2 N–H and O–H groups in total. The summed E-state index contributed by atoms with van der Waals surface area (Å²) in [6.45, 7) is 4.90. The first-order valence-corrected chi connectivity index (χ1v) is 9.68. The molecule has 7 nitrogen and oxygen atoms in total. The molecule has 0 radical (unpaired) electrons. The lowest BCUT2D eigenvalue weighted by atomic mass is 10.1. The molecule has 0 bridgehead atoms. The van der Waals surface area contributed by atoms with Gasteiger partial charge in [-0.2, -0.15) is 5.10 Å². The van der Waals surface area contributed by atoms with Gasteiger partial charge in [0.15, 0.2) is 0 Å². The van der Waals surface area contributed by atoms with E-state index in [0.717, 1.165) is 10.2 Å². The molecule has 0 aliphatic rings. The molecular weight excluding hydrogens is 404 g/mol. The molecule has 8 heteroatoms. The zero-order valence-corrected chi connectivity index (χ0v) is 17.5. The van der Waals surface area contributed by atoms with Crippen LogP contribution in [0, 0.1) is 6.92 Å². The summed E-state index contributed by atoms with van der Waals surface area (Å²) in [5.74, 6) is -0.601. The zero-order chi connectivity index (χ0) is 21.8. The highest BCUT2D eigenvalue weighted by Gasteiger charge is 2.19. The summed E-state index contributed by atoms with van der Waals surface area (Å²) in [6.07, 6.45) is 0. The van der Waals surface area contributed by atoms with Crippen LogP contribution in [0.15, 0.2) is 59.4 Å². The molecule has 1 aromatic heterocycles. The van der Waals surface area contributed by atoms with E-state index in [0.29, 0.717) is 27.7 Å². The van der Waals surface area contributed by atoms with Gasteiger partial charge >= 0.3 is 0 Å². The van der Waals surface area contributed by atoms with Crippen molar-refractivity contribution in [2.45, 2.75) is 26.8 Å². The Morgan fingerprint density at radius 1 is 1.03 bits per heavy atom. The Kier molecular flexibility index (Phi) is 6.32. The van der Waals surface area contributed by atoms with Crippen LogP contribution in [0.25, 0.3) is 11.3 Å². The number of rotatable bonds is 5. The number of amides is 2. The van der Waals surface area contributed by atoms with Crippen molar-refractivity contribution in [3.8, 4) is 11.3 Å². The van der Waals surface area contributed by atoms with Gasteiger partial charge in [-0.1, -0.05) is 35.9 Å². The van der Waals surface area contributed by atoms with E-state index in [1.807, 2.05) is 19.1 Å². The van der Waals surface area contributed by atoms with Crippen LogP contribution in [0.4, 0.5) is 11.4 Å². The van der Waals surface area contributed by atoms with Gasteiger partial charge in [-0.15, -0.1) is 0 Å². The average molecular weight is 425 g/mol. The fourth-order valence-corrected chi connectivity index (χ4v) is 3.06. The van der Waals surface area contributed by atoms with Crippen molar-refractivity contribution in [1.29, 1.82) is 0 Å². The molecule has 30 heavy (non-hydrogen) atoms. The minimum absolute atomic E-state index is 0.182. The standard InChI is InChI=1S/C22H21ClN4O3/c1-13-8-9-16(12-20(13)24-15(3)28)18-10-11-21(29)27(26-18)14(2)22(30)25-19-7-5-4-6-17(19)23/h4-12,14H,1-3H3,(H,24,28)(H,25,30). The topological polar surface area (TPSA) is 93.1 Å². The quantitative estimate of drug-likeness (QED) is 0.646. The molecule has 2 aromatic carbocycles. The number of nitrogens with zero attached hydrogens (tertiary/aromatic N) is 2. The van der Waals surface area contributed by atoms with Crippen LogP contribution in [0.3, 0.4) is 0 Å². The number of anilines is 2. The number of hydrogen-bond donors (Lipinski definition) is 2. The van der Waals surface area contributed by atoms with E-state index in [1.165, 1.54) is 13.0 Å². The molecule has 154 valence electrons. The Labute approximate surface area is 178 Å². The lowest BCUT2D eigenvalue weighted by Gasteiger charge is -2.16. The van der Waals surface area contributed by atoms with E-state index in [4.69, 9.17) is 11.6 Å². The summed E-state index contributed by atoms with van der Waals surface area (Å²) < 4.78 is 1.12. The van der Waals surface area contributed by atoms with Crippen LogP contribution in [0.5, 0.6) is 0 Å². The smallest absolute Gasteiger partial charge is 0.267 e. The Morgan fingerprint density at radius 2 is 1.77 bits per heavy atom. The van der Waals surface area contributed by atoms with Gasteiger partial charge in [0.2, 0.25) is 11.8 Å². The van der Waals surface area contributed by atoms with Crippen molar-refractivity contribution in [3.05, 3.63) is 75.5 Å². The van der Waals surface area contributed by atoms with Gasteiger partial charge < -0.3 is 10.6 Å². The maximum absolute atomic E-state index is 12.7. The molecule has 1 atom stereocenters.